The Balaban J connectivity index is 1.71. The molecule has 0 amide bonds. The lowest BCUT2D eigenvalue weighted by Crippen LogP contribution is -2.15. The molecule has 1 saturated carbocycles. The maximum Gasteiger partial charge on any atom is 0.339 e. The van der Waals surface area contributed by atoms with Gasteiger partial charge in [0.1, 0.15) is 11.4 Å². The molecule has 2 aliphatic rings. The molecule has 1 aromatic heterocycles. The molecule has 0 aromatic carbocycles. The monoisotopic (exact) mass is 288 g/mol. The molecule has 3 rings (SSSR count). The Hall–Kier alpha value is -1.58. The number of aromatic carboxylic acids is 1. The van der Waals surface area contributed by atoms with E-state index in [4.69, 9.17) is 0 Å². The van der Waals surface area contributed by atoms with E-state index in [2.05, 4.69) is 10.3 Å². The lowest BCUT2D eigenvalue weighted by molar-refractivity contribution is 0.0697. The SMILES string of the molecule is O=C(O)c1cc2c(nc1NCCC1CCCC1)CCCC2. The molecular weight excluding hydrogens is 264 g/mol. The third-order valence-corrected chi connectivity index (χ3v) is 4.85. The van der Waals surface area contributed by atoms with Gasteiger partial charge < -0.3 is 10.4 Å². The molecule has 1 fully saturated rings. The molecule has 0 saturated heterocycles. The van der Waals surface area contributed by atoms with Crippen LogP contribution in [0.2, 0.25) is 0 Å². The minimum Gasteiger partial charge on any atom is -0.478 e. The quantitative estimate of drug-likeness (QED) is 0.868. The summed E-state index contributed by atoms with van der Waals surface area (Å²) in [5.74, 6) is 0.504. The average molecular weight is 288 g/mol. The number of rotatable bonds is 5. The first kappa shape index (κ1) is 14.4. The predicted molar refractivity (Wildman–Crippen MR) is 82.9 cm³/mol. The van der Waals surface area contributed by atoms with Crippen molar-refractivity contribution in [1.82, 2.24) is 4.98 Å². The van der Waals surface area contributed by atoms with Gasteiger partial charge in [0.25, 0.3) is 0 Å². The predicted octanol–water partition coefficient (Wildman–Crippen LogP) is 3.65. The topological polar surface area (TPSA) is 62.2 Å². The molecule has 21 heavy (non-hydrogen) atoms. The minimum absolute atomic E-state index is 0.335. The van der Waals surface area contributed by atoms with Gasteiger partial charge in [-0.1, -0.05) is 25.7 Å². The summed E-state index contributed by atoms with van der Waals surface area (Å²) in [7, 11) is 0. The largest absolute Gasteiger partial charge is 0.478 e. The third kappa shape index (κ3) is 3.36. The summed E-state index contributed by atoms with van der Waals surface area (Å²) in [5.41, 5.74) is 2.55. The highest BCUT2D eigenvalue weighted by molar-refractivity contribution is 5.93. The average Bonchev–Trinajstić information content (AvgIpc) is 2.99. The Morgan fingerprint density at radius 1 is 1.24 bits per heavy atom. The molecule has 0 spiro atoms. The number of pyridine rings is 1. The highest BCUT2D eigenvalue weighted by Crippen LogP contribution is 2.28. The molecule has 1 heterocycles. The van der Waals surface area contributed by atoms with Gasteiger partial charge in [-0.15, -0.1) is 0 Å². The summed E-state index contributed by atoms with van der Waals surface area (Å²) in [6.45, 7) is 0.830. The van der Waals surface area contributed by atoms with Crippen molar-refractivity contribution in [2.45, 2.75) is 57.8 Å². The van der Waals surface area contributed by atoms with E-state index in [1.807, 2.05) is 6.07 Å². The van der Waals surface area contributed by atoms with Crippen molar-refractivity contribution in [2.24, 2.45) is 5.92 Å². The Morgan fingerprint density at radius 3 is 2.76 bits per heavy atom. The molecule has 4 nitrogen and oxygen atoms in total. The van der Waals surface area contributed by atoms with Gasteiger partial charge in [0.05, 0.1) is 0 Å². The number of anilines is 1. The first-order chi connectivity index (χ1) is 10.2. The van der Waals surface area contributed by atoms with Gasteiger partial charge >= 0.3 is 5.97 Å². The Labute approximate surface area is 126 Å². The van der Waals surface area contributed by atoms with Crippen LogP contribution in [0.5, 0.6) is 0 Å². The van der Waals surface area contributed by atoms with Crippen LogP contribution in [0.25, 0.3) is 0 Å². The second kappa shape index (κ2) is 6.46. The Morgan fingerprint density at radius 2 is 2.00 bits per heavy atom. The number of aryl methyl sites for hydroxylation is 2. The number of nitrogens with zero attached hydrogens (tertiary/aromatic N) is 1. The standard InChI is InChI=1S/C17H24N2O2/c20-17(21)14-11-13-7-3-4-8-15(13)19-16(14)18-10-9-12-5-1-2-6-12/h11-12H,1-10H2,(H,18,19)(H,20,21). The highest BCUT2D eigenvalue weighted by atomic mass is 16.4. The van der Waals surface area contributed by atoms with Crippen molar-refractivity contribution in [3.63, 3.8) is 0 Å². The van der Waals surface area contributed by atoms with Crippen molar-refractivity contribution in [1.29, 1.82) is 0 Å². The van der Waals surface area contributed by atoms with Crippen LogP contribution >= 0.6 is 0 Å². The second-order valence-corrected chi connectivity index (χ2v) is 6.37. The number of hydrogen-bond acceptors (Lipinski definition) is 3. The van der Waals surface area contributed by atoms with E-state index in [0.29, 0.717) is 11.4 Å². The molecule has 1 aromatic rings. The molecule has 0 unspecified atom stereocenters. The van der Waals surface area contributed by atoms with E-state index >= 15 is 0 Å². The summed E-state index contributed by atoms with van der Waals surface area (Å²) < 4.78 is 0. The van der Waals surface area contributed by atoms with Crippen LogP contribution in [0.15, 0.2) is 6.07 Å². The van der Waals surface area contributed by atoms with E-state index in [-0.39, 0.29) is 0 Å². The van der Waals surface area contributed by atoms with Crippen LogP contribution in [0.3, 0.4) is 0 Å². The molecule has 0 radical (unpaired) electrons. The van der Waals surface area contributed by atoms with Gasteiger partial charge in [-0.05, 0) is 49.7 Å². The normalized spacial score (nSPS) is 18.5. The van der Waals surface area contributed by atoms with Crippen molar-refractivity contribution in [2.75, 3.05) is 11.9 Å². The highest BCUT2D eigenvalue weighted by Gasteiger charge is 2.19. The number of nitrogens with one attached hydrogen (secondary N) is 1. The lowest BCUT2D eigenvalue weighted by Gasteiger charge is -2.18. The molecule has 0 atom stereocenters. The first-order valence-corrected chi connectivity index (χ1v) is 8.24. The van der Waals surface area contributed by atoms with Crippen LogP contribution < -0.4 is 5.32 Å². The molecule has 0 aliphatic heterocycles. The summed E-state index contributed by atoms with van der Waals surface area (Å²) >= 11 is 0. The van der Waals surface area contributed by atoms with Gasteiger partial charge in [-0.2, -0.15) is 0 Å². The fraction of sp³-hybridized carbons (Fsp3) is 0.647. The van der Waals surface area contributed by atoms with Crippen LogP contribution in [0.1, 0.15) is 66.6 Å². The van der Waals surface area contributed by atoms with E-state index in [0.717, 1.165) is 55.8 Å². The molecule has 114 valence electrons. The van der Waals surface area contributed by atoms with Crippen LogP contribution in [0.4, 0.5) is 5.82 Å². The number of hydrogen-bond donors (Lipinski definition) is 2. The number of carboxylic acids is 1. The summed E-state index contributed by atoms with van der Waals surface area (Å²) in [5, 5.41) is 12.7. The molecule has 2 N–H and O–H groups in total. The van der Waals surface area contributed by atoms with Gasteiger partial charge in [0.15, 0.2) is 0 Å². The Bertz CT molecular complexity index is 522. The zero-order valence-electron chi connectivity index (χ0n) is 12.5. The van der Waals surface area contributed by atoms with Crippen molar-refractivity contribution in [3.05, 3.63) is 22.9 Å². The van der Waals surface area contributed by atoms with E-state index in [1.165, 1.54) is 25.7 Å². The molecule has 2 aliphatic carbocycles. The first-order valence-electron chi connectivity index (χ1n) is 8.24. The van der Waals surface area contributed by atoms with Crippen molar-refractivity contribution >= 4 is 11.8 Å². The van der Waals surface area contributed by atoms with E-state index in [1.54, 1.807) is 0 Å². The number of carboxylic acid groups (broad SMARTS) is 1. The fourth-order valence-electron chi connectivity index (χ4n) is 3.63. The second-order valence-electron chi connectivity index (χ2n) is 6.37. The molecule has 0 bridgehead atoms. The van der Waals surface area contributed by atoms with Gasteiger partial charge in [-0.3, -0.25) is 0 Å². The summed E-state index contributed by atoms with van der Waals surface area (Å²) in [4.78, 5) is 16.1. The molecule has 4 heteroatoms. The zero-order chi connectivity index (χ0) is 14.7. The Kier molecular flexibility index (Phi) is 4.42. The smallest absolute Gasteiger partial charge is 0.339 e. The molecular formula is C17H24N2O2. The number of carbonyl (C=O) groups is 1. The van der Waals surface area contributed by atoms with Crippen LogP contribution in [-0.2, 0) is 12.8 Å². The number of fused-ring (bicyclic) bond motifs is 1. The fourth-order valence-corrected chi connectivity index (χ4v) is 3.63. The lowest BCUT2D eigenvalue weighted by atomic mass is 9.94. The van der Waals surface area contributed by atoms with Crippen molar-refractivity contribution < 1.29 is 9.90 Å². The van der Waals surface area contributed by atoms with E-state index in [9.17, 15) is 9.90 Å². The maximum atomic E-state index is 11.4. The minimum atomic E-state index is -0.876. The summed E-state index contributed by atoms with van der Waals surface area (Å²) in [6, 6.07) is 1.84. The number of aromatic nitrogens is 1. The third-order valence-electron chi connectivity index (χ3n) is 4.85. The van der Waals surface area contributed by atoms with Crippen LogP contribution in [-0.4, -0.2) is 22.6 Å². The van der Waals surface area contributed by atoms with Gasteiger partial charge in [0.2, 0.25) is 0 Å². The summed E-state index contributed by atoms with van der Waals surface area (Å²) in [6.07, 6.45) is 10.7. The van der Waals surface area contributed by atoms with Crippen molar-refractivity contribution in [3.8, 4) is 0 Å². The maximum absolute atomic E-state index is 11.4. The van der Waals surface area contributed by atoms with Gasteiger partial charge in [-0.25, -0.2) is 9.78 Å². The van der Waals surface area contributed by atoms with Gasteiger partial charge in [0, 0.05) is 12.2 Å². The van der Waals surface area contributed by atoms with E-state index < -0.39 is 5.97 Å². The zero-order valence-corrected chi connectivity index (χ0v) is 12.5. The van der Waals surface area contributed by atoms with Crippen LogP contribution in [0, 0.1) is 5.92 Å².